The molecule has 1 aromatic heterocycles. The molecule has 292 valence electrons. The maximum Gasteiger partial charge on any atom is 0.266 e. The number of anilines is 2. The SMILES string of the molecule is COc1ccc([Si](C)(C)[C@H]2[C@H](C)[C@H](CCc3cccc(N4C(=O)c5ccccc5Oc5ccccc54)c3)O[C@@H]2CCn2cc(C(CO)c3ccccc3)nn2)cc1. The number of fused-ring (bicyclic) bond motifs is 2. The van der Waals surface area contributed by atoms with Gasteiger partial charge in [0.1, 0.15) is 11.5 Å². The molecule has 1 unspecified atom stereocenters. The van der Waals surface area contributed by atoms with Crippen molar-refractivity contribution in [1.29, 1.82) is 0 Å². The molecule has 1 fully saturated rings. The van der Waals surface area contributed by atoms with Gasteiger partial charge in [0.2, 0.25) is 0 Å². The van der Waals surface area contributed by atoms with Gasteiger partial charge in [-0.3, -0.25) is 14.4 Å². The number of methoxy groups -OCH3 is 1. The van der Waals surface area contributed by atoms with E-state index in [0.29, 0.717) is 40.8 Å². The molecule has 1 N–H and O–H groups in total. The molecule has 0 bridgehead atoms. The van der Waals surface area contributed by atoms with Crippen LogP contribution in [0.15, 0.2) is 134 Å². The van der Waals surface area contributed by atoms with Crippen molar-refractivity contribution in [2.75, 3.05) is 18.6 Å². The summed E-state index contributed by atoms with van der Waals surface area (Å²) in [6.45, 7) is 7.93. The molecule has 0 spiro atoms. The van der Waals surface area contributed by atoms with Crippen molar-refractivity contribution in [2.45, 2.75) is 69.5 Å². The van der Waals surface area contributed by atoms with Crippen LogP contribution in [-0.4, -0.2) is 60.0 Å². The van der Waals surface area contributed by atoms with Crippen LogP contribution in [0, 0.1) is 5.92 Å². The average molecular weight is 779 g/mol. The third-order valence-corrected chi connectivity index (χ3v) is 16.4. The van der Waals surface area contributed by atoms with Crippen LogP contribution in [-0.2, 0) is 17.7 Å². The van der Waals surface area contributed by atoms with E-state index in [9.17, 15) is 9.90 Å². The number of benzene rings is 5. The van der Waals surface area contributed by atoms with Crippen molar-refractivity contribution in [3.05, 3.63) is 156 Å². The van der Waals surface area contributed by atoms with Gasteiger partial charge in [0.05, 0.1) is 56.9 Å². The van der Waals surface area contributed by atoms with Gasteiger partial charge < -0.3 is 19.3 Å². The number of carbonyl (C=O) groups is 1. The number of aromatic nitrogens is 3. The number of amides is 1. The van der Waals surface area contributed by atoms with Gasteiger partial charge in [-0.2, -0.15) is 0 Å². The minimum Gasteiger partial charge on any atom is -0.497 e. The van der Waals surface area contributed by atoms with Gasteiger partial charge in [-0.15, -0.1) is 5.10 Å². The zero-order chi connectivity index (χ0) is 39.5. The number of aryl methyl sites for hydroxylation is 2. The van der Waals surface area contributed by atoms with E-state index >= 15 is 0 Å². The Bertz CT molecular complexity index is 2310. The highest BCUT2D eigenvalue weighted by atomic mass is 28.3. The smallest absolute Gasteiger partial charge is 0.266 e. The summed E-state index contributed by atoms with van der Waals surface area (Å²) in [5.74, 6) is 2.02. The predicted molar refractivity (Wildman–Crippen MR) is 226 cm³/mol. The molecule has 10 heteroatoms. The summed E-state index contributed by atoms with van der Waals surface area (Å²) in [5.41, 5.74) is 5.32. The second kappa shape index (κ2) is 16.5. The van der Waals surface area contributed by atoms with Gasteiger partial charge in [-0.05, 0) is 90.4 Å². The Morgan fingerprint density at radius 3 is 2.35 bits per heavy atom. The number of para-hydroxylation sites is 3. The van der Waals surface area contributed by atoms with Crippen LogP contribution in [0.25, 0.3) is 0 Å². The summed E-state index contributed by atoms with van der Waals surface area (Å²) >= 11 is 0. The molecule has 1 amide bonds. The van der Waals surface area contributed by atoms with Crippen LogP contribution >= 0.6 is 0 Å². The highest BCUT2D eigenvalue weighted by Crippen LogP contribution is 2.47. The first kappa shape index (κ1) is 38.3. The van der Waals surface area contributed by atoms with E-state index in [1.54, 1.807) is 12.0 Å². The van der Waals surface area contributed by atoms with Gasteiger partial charge in [0, 0.05) is 18.4 Å². The normalized spacial score (nSPS) is 19.7. The maximum atomic E-state index is 14.1. The van der Waals surface area contributed by atoms with Gasteiger partial charge in [-0.1, -0.05) is 109 Å². The van der Waals surface area contributed by atoms with E-state index in [-0.39, 0.29) is 30.6 Å². The summed E-state index contributed by atoms with van der Waals surface area (Å²) < 4.78 is 20.8. The van der Waals surface area contributed by atoms with E-state index in [4.69, 9.17) is 14.2 Å². The van der Waals surface area contributed by atoms with E-state index in [1.807, 2.05) is 102 Å². The van der Waals surface area contributed by atoms with Crippen molar-refractivity contribution in [3.8, 4) is 17.2 Å². The number of hydrogen-bond acceptors (Lipinski definition) is 7. The Balaban J connectivity index is 1.03. The van der Waals surface area contributed by atoms with Crippen molar-refractivity contribution >= 4 is 30.5 Å². The van der Waals surface area contributed by atoms with Gasteiger partial charge in [-0.25, -0.2) is 0 Å². The number of hydrogen-bond donors (Lipinski definition) is 1. The summed E-state index contributed by atoms with van der Waals surface area (Å²) in [6, 6.07) is 42.0. The van der Waals surface area contributed by atoms with Gasteiger partial charge >= 0.3 is 0 Å². The highest BCUT2D eigenvalue weighted by Gasteiger charge is 2.50. The third-order valence-electron chi connectivity index (χ3n) is 12.0. The number of carbonyl (C=O) groups excluding carboxylic acids is 1. The summed E-state index contributed by atoms with van der Waals surface area (Å²) in [6.07, 6.45) is 4.50. The molecular weight excluding hydrogens is 729 g/mol. The van der Waals surface area contributed by atoms with E-state index in [1.165, 1.54) is 5.19 Å². The van der Waals surface area contributed by atoms with Crippen LogP contribution < -0.4 is 19.6 Å². The first-order chi connectivity index (χ1) is 27.7. The lowest BCUT2D eigenvalue weighted by Crippen LogP contribution is -2.50. The van der Waals surface area contributed by atoms with Crippen LogP contribution in [0.5, 0.6) is 17.2 Å². The quantitative estimate of drug-likeness (QED) is 0.117. The first-order valence-electron chi connectivity index (χ1n) is 19.9. The first-order valence-corrected chi connectivity index (χ1v) is 23.0. The molecule has 0 aliphatic carbocycles. The number of rotatable bonds is 13. The molecule has 3 heterocycles. The standard InChI is InChI=1S/C47H50N4O5Si/c1-32-42(26-21-33-13-12-16-35(29-33)51-41-18-9-11-20-44(41)56-43-19-10-8-17-38(43)47(51)53)55-45(46(32)57(3,4)37-24-22-36(54-2)23-25-37)27-28-50-30-40(48-49-50)39(31-52)34-14-6-5-7-15-34/h5-20,22-25,29-30,32,39,42,45-46,52H,21,26-28,31H2,1-4H3/t32-,39?,42+,45-,46+/m1/s1. The van der Waals surface area contributed by atoms with Gasteiger partial charge in [0.25, 0.3) is 5.91 Å². The van der Waals surface area contributed by atoms with E-state index in [2.05, 4.69) is 66.7 Å². The minimum atomic E-state index is -2.08. The summed E-state index contributed by atoms with van der Waals surface area (Å²) in [5, 5.41) is 20.6. The van der Waals surface area contributed by atoms with Crippen LogP contribution in [0.4, 0.5) is 11.4 Å². The Kier molecular flexibility index (Phi) is 11.1. The second-order valence-electron chi connectivity index (χ2n) is 15.8. The number of nitrogens with zero attached hydrogens (tertiary/aromatic N) is 4. The molecule has 2 aliphatic rings. The molecule has 5 aromatic carbocycles. The number of aliphatic hydroxyl groups is 1. The fraction of sp³-hybridized carbons (Fsp3) is 0.298. The second-order valence-corrected chi connectivity index (χ2v) is 20.5. The molecule has 57 heavy (non-hydrogen) atoms. The highest BCUT2D eigenvalue weighted by molar-refractivity contribution is 6.91. The molecule has 9 nitrogen and oxygen atoms in total. The molecule has 6 aromatic rings. The van der Waals surface area contributed by atoms with Crippen molar-refractivity contribution < 1.29 is 24.1 Å². The van der Waals surface area contributed by atoms with Crippen LogP contribution in [0.1, 0.15) is 52.9 Å². The third kappa shape index (κ3) is 7.77. The Hall–Kier alpha value is -5.55. The fourth-order valence-corrected chi connectivity index (χ4v) is 13.2. The number of ether oxygens (including phenoxy) is 3. The Morgan fingerprint density at radius 2 is 1.58 bits per heavy atom. The molecule has 1 saturated heterocycles. The molecule has 0 saturated carbocycles. The molecule has 5 atom stereocenters. The predicted octanol–water partition coefficient (Wildman–Crippen LogP) is 8.91. The lowest BCUT2D eigenvalue weighted by atomic mass is 9.95. The molecule has 2 aliphatic heterocycles. The van der Waals surface area contributed by atoms with Crippen LogP contribution in [0.3, 0.4) is 0 Å². The monoisotopic (exact) mass is 778 g/mol. The topological polar surface area (TPSA) is 98.9 Å². The van der Waals surface area contributed by atoms with Crippen LogP contribution in [0.2, 0.25) is 18.6 Å². The maximum absolute atomic E-state index is 14.1. The number of aliphatic hydroxyl groups excluding tert-OH is 1. The van der Waals surface area contributed by atoms with E-state index in [0.717, 1.165) is 47.5 Å². The van der Waals surface area contributed by atoms with E-state index < -0.39 is 8.07 Å². The lowest BCUT2D eigenvalue weighted by molar-refractivity contribution is 0.0249. The Labute approximate surface area is 335 Å². The van der Waals surface area contributed by atoms with Gasteiger partial charge in [0.15, 0.2) is 5.75 Å². The fourth-order valence-electron chi connectivity index (χ4n) is 9.04. The zero-order valence-electron chi connectivity index (χ0n) is 33.0. The summed E-state index contributed by atoms with van der Waals surface area (Å²) in [7, 11) is -0.375. The van der Waals surface area contributed by atoms with Crippen molar-refractivity contribution in [3.63, 3.8) is 0 Å². The largest absolute Gasteiger partial charge is 0.497 e. The van der Waals surface area contributed by atoms with Crippen molar-refractivity contribution in [2.24, 2.45) is 5.92 Å². The average Bonchev–Trinajstić information content (AvgIpc) is 3.81. The van der Waals surface area contributed by atoms with Crippen molar-refractivity contribution in [1.82, 2.24) is 15.0 Å². The zero-order valence-corrected chi connectivity index (χ0v) is 34.0. The molecule has 0 radical (unpaired) electrons. The lowest BCUT2D eigenvalue weighted by Gasteiger charge is -2.36. The minimum absolute atomic E-state index is 0.0295. The molecular formula is C47H50N4O5Si. The Morgan fingerprint density at radius 1 is 0.842 bits per heavy atom. The summed E-state index contributed by atoms with van der Waals surface area (Å²) in [4.78, 5) is 15.9. The molecule has 8 rings (SSSR count).